The summed E-state index contributed by atoms with van der Waals surface area (Å²) < 4.78 is 13.5. The molecule has 1 aromatic rings. The number of halogens is 2. The zero-order valence-electron chi connectivity index (χ0n) is 7.76. The molecule has 2 aliphatic rings. The number of benzene rings is 1. The molecule has 1 aromatic carbocycles. The Balaban J connectivity index is 1.80. The summed E-state index contributed by atoms with van der Waals surface area (Å²) in [4.78, 5) is 2.32. The van der Waals surface area contributed by atoms with Crippen molar-refractivity contribution in [1.82, 2.24) is 0 Å². The SMILES string of the molecule is Fc1ccc(N2CC3(CC3)C2)cc1Br. The molecular formula is C11H11BrFN. The highest BCUT2D eigenvalue weighted by Crippen LogP contribution is 2.53. The molecular weight excluding hydrogens is 245 g/mol. The molecule has 3 rings (SSSR count). The minimum absolute atomic E-state index is 0.185. The summed E-state index contributed by atoms with van der Waals surface area (Å²) in [5.41, 5.74) is 1.79. The van der Waals surface area contributed by atoms with Crippen molar-refractivity contribution in [1.29, 1.82) is 0 Å². The molecule has 1 nitrogen and oxygen atoms in total. The predicted molar refractivity (Wildman–Crippen MR) is 58.0 cm³/mol. The van der Waals surface area contributed by atoms with E-state index in [2.05, 4.69) is 20.8 Å². The highest BCUT2D eigenvalue weighted by Gasteiger charge is 2.52. The second-order valence-electron chi connectivity index (χ2n) is 4.45. The van der Waals surface area contributed by atoms with Gasteiger partial charge in [-0.1, -0.05) is 0 Å². The molecule has 0 atom stereocenters. The highest BCUT2D eigenvalue weighted by atomic mass is 79.9. The molecule has 0 N–H and O–H groups in total. The van der Waals surface area contributed by atoms with Crippen LogP contribution in [0.4, 0.5) is 10.1 Å². The van der Waals surface area contributed by atoms with E-state index in [0.717, 1.165) is 18.8 Å². The molecule has 0 radical (unpaired) electrons. The topological polar surface area (TPSA) is 3.24 Å². The minimum atomic E-state index is -0.185. The molecule has 1 heterocycles. The van der Waals surface area contributed by atoms with E-state index in [9.17, 15) is 4.39 Å². The van der Waals surface area contributed by atoms with Crippen LogP contribution in [0.2, 0.25) is 0 Å². The molecule has 2 fully saturated rings. The van der Waals surface area contributed by atoms with Crippen molar-refractivity contribution in [2.24, 2.45) is 5.41 Å². The monoisotopic (exact) mass is 255 g/mol. The Bertz CT molecular complexity index is 379. The average molecular weight is 256 g/mol. The van der Waals surface area contributed by atoms with Crippen LogP contribution in [-0.2, 0) is 0 Å². The summed E-state index contributed by atoms with van der Waals surface area (Å²) in [6.07, 6.45) is 2.76. The van der Waals surface area contributed by atoms with Gasteiger partial charge in [0.15, 0.2) is 0 Å². The van der Waals surface area contributed by atoms with E-state index < -0.39 is 0 Å². The lowest BCUT2D eigenvalue weighted by Crippen LogP contribution is -2.48. The van der Waals surface area contributed by atoms with Gasteiger partial charge < -0.3 is 4.90 Å². The first-order chi connectivity index (χ1) is 6.69. The zero-order chi connectivity index (χ0) is 9.76. The van der Waals surface area contributed by atoms with Crippen LogP contribution in [0.5, 0.6) is 0 Å². The molecule has 1 aliphatic heterocycles. The summed E-state index contributed by atoms with van der Waals surface area (Å²) in [6.45, 7) is 2.32. The van der Waals surface area contributed by atoms with Gasteiger partial charge in [0, 0.05) is 24.2 Å². The number of anilines is 1. The maximum Gasteiger partial charge on any atom is 0.137 e. The van der Waals surface area contributed by atoms with E-state index in [1.165, 1.54) is 18.9 Å². The van der Waals surface area contributed by atoms with Crippen LogP contribution in [0.3, 0.4) is 0 Å². The maximum atomic E-state index is 13.0. The first-order valence-corrected chi connectivity index (χ1v) is 5.68. The molecule has 14 heavy (non-hydrogen) atoms. The predicted octanol–water partition coefficient (Wildman–Crippen LogP) is 3.19. The lowest BCUT2D eigenvalue weighted by Gasteiger charge is -2.42. The summed E-state index contributed by atoms with van der Waals surface area (Å²) in [5.74, 6) is -0.185. The van der Waals surface area contributed by atoms with Gasteiger partial charge in [0.05, 0.1) is 4.47 Å². The van der Waals surface area contributed by atoms with E-state index in [0.29, 0.717) is 9.89 Å². The minimum Gasteiger partial charge on any atom is -0.370 e. The Morgan fingerprint density at radius 1 is 1.29 bits per heavy atom. The van der Waals surface area contributed by atoms with Crippen molar-refractivity contribution in [2.75, 3.05) is 18.0 Å². The Hall–Kier alpha value is -0.570. The van der Waals surface area contributed by atoms with Crippen molar-refractivity contribution < 1.29 is 4.39 Å². The molecule has 0 amide bonds. The fourth-order valence-corrected chi connectivity index (χ4v) is 2.49. The first kappa shape index (κ1) is 8.72. The maximum absolute atomic E-state index is 13.0. The summed E-state index contributed by atoms with van der Waals surface area (Å²) in [5, 5.41) is 0. The van der Waals surface area contributed by atoms with Gasteiger partial charge in [0.25, 0.3) is 0 Å². The number of nitrogens with zero attached hydrogens (tertiary/aromatic N) is 1. The van der Waals surface area contributed by atoms with E-state index in [1.807, 2.05) is 12.1 Å². The van der Waals surface area contributed by atoms with Gasteiger partial charge in [-0.05, 0) is 47.0 Å². The lowest BCUT2D eigenvalue weighted by molar-refractivity contribution is 0.387. The first-order valence-electron chi connectivity index (χ1n) is 4.89. The zero-order valence-corrected chi connectivity index (χ0v) is 9.35. The van der Waals surface area contributed by atoms with Gasteiger partial charge >= 0.3 is 0 Å². The van der Waals surface area contributed by atoms with Crippen molar-refractivity contribution >= 4 is 21.6 Å². The van der Waals surface area contributed by atoms with Gasteiger partial charge in [-0.2, -0.15) is 0 Å². The number of rotatable bonds is 1. The summed E-state index contributed by atoms with van der Waals surface area (Å²) in [7, 11) is 0. The van der Waals surface area contributed by atoms with Crippen LogP contribution >= 0.6 is 15.9 Å². The van der Waals surface area contributed by atoms with Crippen LogP contribution in [0.1, 0.15) is 12.8 Å². The Kier molecular flexibility index (Phi) is 1.69. The fourth-order valence-electron chi connectivity index (χ4n) is 2.12. The van der Waals surface area contributed by atoms with Gasteiger partial charge in [-0.25, -0.2) is 4.39 Å². The molecule has 1 saturated heterocycles. The number of hydrogen-bond acceptors (Lipinski definition) is 1. The number of hydrogen-bond donors (Lipinski definition) is 0. The second kappa shape index (κ2) is 2.72. The van der Waals surface area contributed by atoms with Crippen LogP contribution in [-0.4, -0.2) is 13.1 Å². The van der Waals surface area contributed by atoms with Crippen LogP contribution in [0.15, 0.2) is 22.7 Å². The normalized spacial score (nSPS) is 22.3. The molecule has 0 aromatic heterocycles. The molecule has 0 bridgehead atoms. The van der Waals surface area contributed by atoms with E-state index in [-0.39, 0.29) is 5.82 Å². The largest absolute Gasteiger partial charge is 0.370 e. The average Bonchev–Trinajstić information content (AvgIpc) is 2.87. The van der Waals surface area contributed by atoms with Crippen LogP contribution in [0.25, 0.3) is 0 Å². The quantitative estimate of drug-likeness (QED) is 0.745. The smallest absolute Gasteiger partial charge is 0.137 e. The van der Waals surface area contributed by atoms with Crippen molar-refractivity contribution in [3.05, 3.63) is 28.5 Å². The van der Waals surface area contributed by atoms with Gasteiger partial charge in [-0.3, -0.25) is 0 Å². The van der Waals surface area contributed by atoms with E-state index in [1.54, 1.807) is 0 Å². The van der Waals surface area contributed by atoms with E-state index in [4.69, 9.17) is 0 Å². The van der Waals surface area contributed by atoms with Crippen LogP contribution < -0.4 is 4.90 Å². The van der Waals surface area contributed by atoms with Crippen molar-refractivity contribution in [2.45, 2.75) is 12.8 Å². The van der Waals surface area contributed by atoms with E-state index >= 15 is 0 Å². The fraction of sp³-hybridized carbons (Fsp3) is 0.455. The van der Waals surface area contributed by atoms with Gasteiger partial charge in [0.1, 0.15) is 5.82 Å². The Morgan fingerprint density at radius 2 is 2.00 bits per heavy atom. The summed E-state index contributed by atoms with van der Waals surface area (Å²) in [6, 6.07) is 5.25. The van der Waals surface area contributed by atoms with Crippen molar-refractivity contribution in [3.8, 4) is 0 Å². The van der Waals surface area contributed by atoms with Gasteiger partial charge in [-0.15, -0.1) is 0 Å². The standard InChI is InChI=1S/C11H11BrFN/c12-9-5-8(1-2-10(9)13)14-6-11(7-14)3-4-11/h1-2,5H,3-4,6-7H2. The van der Waals surface area contributed by atoms with Crippen LogP contribution in [0, 0.1) is 11.2 Å². The Morgan fingerprint density at radius 3 is 2.57 bits per heavy atom. The summed E-state index contributed by atoms with van der Waals surface area (Å²) >= 11 is 3.21. The van der Waals surface area contributed by atoms with Gasteiger partial charge in [0.2, 0.25) is 0 Å². The van der Waals surface area contributed by atoms with Crippen molar-refractivity contribution in [3.63, 3.8) is 0 Å². The Labute approximate surface area is 91.0 Å². The third-order valence-corrected chi connectivity index (χ3v) is 3.89. The molecule has 1 spiro atoms. The molecule has 3 heteroatoms. The molecule has 74 valence electrons. The molecule has 1 aliphatic carbocycles. The molecule has 1 saturated carbocycles. The highest BCUT2D eigenvalue weighted by molar-refractivity contribution is 9.10. The molecule has 0 unspecified atom stereocenters. The lowest BCUT2D eigenvalue weighted by atomic mass is 9.96. The third-order valence-electron chi connectivity index (χ3n) is 3.28. The second-order valence-corrected chi connectivity index (χ2v) is 5.31. The third kappa shape index (κ3) is 1.26.